The Morgan fingerprint density at radius 1 is 1.13 bits per heavy atom. The van der Waals surface area contributed by atoms with Gasteiger partial charge in [0.05, 0.1) is 13.2 Å². The first kappa shape index (κ1) is 26.3. The van der Waals surface area contributed by atoms with Crippen molar-refractivity contribution in [2.45, 2.75) is 115 Å². The quantitative estimate of drug-likeness (QED) is 0.323. The van der Waals surface area contributed by atoms with E-state index in [2.05, 4.69) is 18.8 Å². The van der Waals surface area contributed by atoms with Crippen molar-refractivity contribution in [3.63, 3.8) is 0 Å². The third kappa shape index (κ3) is 8.81. The summed E-state index contributed by atoms with van der Waals surface area (Å²) in [6.07, 6.45) is 9.83. The highest BCUT2D eigenvalue weighted by molar-refractivity contribution is 5.73. The predicted molar refractivity (Wildman–Crippen MR) is 120 cm³/mol. The molecule has 1 N–H and O–H groups in total. The molecule has 5 atom stereocenters. The minimum absolute atomic E-state index is 0.161. The number of hydrogen-bond acceptors (Lipinski definition) is 6. The van der Waals surface area contributed by atoms with Gasteiger partial charge in [-0.05, 0) is 20.3 Å². The predicted octanol–water partition coefficient (Wildman–Crippen LogP) is 4.10. The van der Waals surface area contributed by atoms with E-state index in [9.17, 15) is 4.79 Å². The second kappa shape index (κ2) is 13.5. The number of rotatable bonds is 14. The van der Waals surface area contributed by atoms with Crippen molar-refractivity contribution in [1.82, 2.24) is 5.32 Å². The van der Waals surface area contributed by atoms with Crippen LogP contribution in [-0.4, -0.2) is 62.2 Å². The standard InChI is InChI=1S/C24H43NO6/c1-6-8-9-10-11-12-13-14-16-27-22-20(25-18(3)26)23(28-15-7-2)30-19-17-29-24(4,5)31-21(19)22/h7,19-23H,2,6,8-17H2,1,3-5H3,(H,25,26)/t19-,20-,21-,22-,23+/m1/s1. The summed E-state index contributed by atoms with van der Waals surface area (Å²) >= 11 is 0. The summed E-state index contributed by atoms with van der Waals surface area (Å²) in [4.78, 5) is 11.9. The fourth-order valence-corrected chi connectivity index (χ4v) is 4.17. The number of hydrogen-bond donors (Lipinski definition) is 1. The Kier molecular flexibility index (Phi) is 11.5. The lowest BCUT2D eigenvalue weighted by Gasteiger charge is -2.51. The van der Waals surface area contributed by atoms with Gasteiger partial charge in [-0.2, -0.15) is 0 Å². The maximum absolute atomic E-state index is 11.9. The molecule has 180 valence electrons. The first-order chi connectivity index (χ1) is 14.9. The molecule has 7 nitrogen and oxygen atoms in total. The summed E-state index contributed by atoms with van der Waals surface area (Å²) in [6.45, 7) is 12.5. The molecule has 7 heteroatoms. The molecule has 0 bridgehead atoms. The van der Waals surface area contributed by atoms with Crippen molar-refractivity contribution in [1.29, 1.82) is 0 Å². The molecular weight excluding hydrogens is 398 g/mol. The van der Waals surface area contributed by atoms with Crippen LogP contribution in [0.25, 0.3) is 0 Å². The van der Waals surface area contributed by atoms with Gasteiger partial charge in [0.1, 0.15) is 24.4 Å². The average Bonchev–Trinajstić information content (AvgIpc) is 2.71. The van der Waals surface area contributed by atoms with E-state index in [1.165, 1.54) is 45.4 Å². The summed E-state index contributed by atoms with van der Waals surface area (Å²) in [5, 5.41) is 2.96. The third-order valence-electron chi connectivity index (χ3n) is 5.72. The zero-order chi connectivity index (χ0) is 22.7. The molecule has 0 aromatic carbocycles. The van der Waals surface area contributed by atoms with Crippen molar-refractivity contribution in [2.24, 2.45) is 0 Å². The Labute approximate surface area is 188 Å². The third-order valence-corrected chi connectivity index (χ3v) is 5.72. The Morgan fingerprint density at radius 3 is 2.45 bits per heavy atom. The molecule has 2 fully saturated rings. The van der Waals surface area contributed by atoms with Gasteiger partial charge in [-0.3, -0.25) is 4.79 Å². The minimum atomic E-state index is -0.736. The zero-order valence-electron chi connectivity index (χ0n) is 19.9. The highest BCUT2D eigenvalue weighted by Gasteiger charge is 2.52. The van der Waals surface area contributed by atoms with Crippen LogP contribution in [0.4, 0.5) is 0 Å². The van der Waals surface area contributed by atoms with Crippen LogP contribution in [-0.2, 0) is 28.5 Å². The van der Waals surface area contributed by atoms with Crippen LogP contribution >= 0.6 is 0 Å². The lowest BCUT2D eigenvalue weighted by Crippen LogP contribution is -2.69. The van der Waals surface area contributed by atoms with Crippen LogP contribution in [0.5, 0.6) is 0 Å². The fraction of sp³-hybridized carbons (Fsp3) is 0.875. The molecule has 2 rings (SSSR count). The number of carbonyl (C=O) groups is 1. The second-order valence-electron chi connectivity index (χ2n) is 8.99. The van der Waals surface area contributed by atoms with E-state index in [0.717, 1.165) is 12.8 Å². The van der Waals surface area contributed by atoms with Crippen LogP contribution in [0.15, 0.2) is 12.7 Å². The summed E-state index contributed by atoms with van der Waals surface area (Å²) in [5.74, 6) is -0.897. The number of unbranched alkanes of at least 4 members (excludes halogenated alkanes) is 7. The molecule has 0 aromatic rings. The van der Waals surface area contributed by atoms with E-state index in [-0.39, 0.29) is 24.2 Å². The monoisotopic (exact) mass is 441 g/mol. The summed E-state index contributed by atoms with van der Waals surface area (Å²) < 4.78 is 30.2. The van der Waals surface area contributed by atoms with Gasteiger partial charge in [0.15, 0.2) is 12.1 Å². The molecule has 2 aliphatic heterocycles. The Bertz CT molecular complexity index is 540. The molecule has 31 heavy (non-hydrogen) atoms. The number of fused-ring (bicyclic) bond motifs is 1. The van der Waals surface area contributed by atoms with Crippen molar-refractivity contribution < 1.29 is 28.5 Å². The Balaban J connectivity index is 1.96. The fourth-order valence-electron chi connectivity index (χ4n) is 4.17. The largest absolute Gasteiger partial charge is 0.373 e. The van der Waals surface area contributed by atoms with Crippen LogP contribution in [0.2, 0.25) is 0 Å². The first-order valence-corrected chi connectivity index (χ1v) is 12.0. The van der Waals surface area contributed by atoms with Crippen LogP contribution < -0.4 is 5.32 Å². The van der Waals surface area contributed by atoms with E-state index >= 15 is 0 Å². The second-order valence-corrected chi connectivity index (χ2v) is 8.99. The van der Waals surface area contributed by atoms with Gasteiger partial charge in [-0.25, -0.2) is 0 Å². The minimum Gasteiger partial charge on any atom is -0.373 e. The Morgan fingerprint density at radius 2 is 1.81 bits per heavy atom. The number of amides is 1. The molecule has 0 aromatic heterocycles. The van der Waals surface area contributed by atoms with Gasteiger partial charge in [-0.15, -0.1) is 6.58 Å². The van der Waals surface area contributed by atoms with Gasteiger partial charge < -0.3 is 29.0 Å². The van der Waals surface area contributed by atoms with E-state index < -0.39 is 18.1 Å². The van der Waals surface area contributed by atoms with Crippen molar-refractivity contribution in [3.05, 3.63) is 12.7 Å². The van der Waals surface area contributed by atoms with Gasteiger partial charge in [-0.1, -0.05) is 57.9 Å². The van der Waals surface area contributed by atoms with Crippen molar-refractivity contribution in [2.75, 3.05) is 19.8 Å². The Hall–Kier alpha value is -0.990. The van der Waals surface area contributed by atoms with Gasteiger partial charge in [0.25, 0.3) is 0 Å². The van der Waals surface area contributed by atoms with Crippen molar-refractivity contribution in [3.8, 4) is 0 Å². The van der Waals surface area contributed by atoms with Gasteiger partial charge in [0.2, 0.25) is 5.91 Å². The topological polar surface area (TPSA) is 75.2 Å². The van der Waals surface area contributed by atoms with Crippen LogP contribution in [0.3, 0.4) is 0 Å². The number of carbonyl (C=O) groups excluding carboxylic acids is 1. The SMILES string of the molecule is C=CCO[C@H]1O[C@@H]2COC(C)(C)O[C@H]2[C@H](OCCCCCCCCCC)[C@H]1NC(C)=O. The smallest absolute Gasteiger partial charge is 0.217 e. The van der Waals surface area contributed by atoms with E-state index in [1.807, 2.05) is 13.8 Å². The average molecular weight is 442 g/mol. The molecule has 0 saturated carbocycles. The molecule has 0 spiro atoms. The molecule has 2 heterocycles. The summed E-state index contributed by atoms with van der Waals surface area (Å²) in [6, 6.07) is -0.471. The normalized spacial score (nSPS) is 29.9. The molecule has 1 amide bonds. The summed E-state index contributed by atoms with van der Waals surface area (Å²) in [7, 11) is 0. The van der Waals surface area contributed by atoms with E-state index in [1.54, 1.807) is 6.08 Å². The highest BCUT2D eigenvalue weighted by Crippen LogP contribution is 2.34. The highest BCUT2D eigenvalue weighted by atomic mass is 16.8. The maximum Gasteiger partial charge on any atom is 0.217 e. The molecular formula is C24H43NO6. The first-order valence-electron chi connectivity index (χ1n) is 12.0. The van der Waals surface area contributed by atoms with Gasteiger partial charge >= 0.3 is 0 Å². The van der Waals surface area contributed by atoms with Gasteiger partial charge in [0, 0.05) is 13.5 Å². The zero-order valence-corrected chi connectivity index (χ0v) is 19.9. The van der Waals surface area contributed by atoms with Crippen LogP contribution in [0, 0.1) is 0 Å². The molecule has 0 aliphatic carbocycles. The molecule has 0 radical (unpaired) electrons. The lowest BCUT2D eigenvalue weighted by molar-refractivity contribution is -0.371. The van der Waals surface area contributed by atoms with Crippen molar-refractivity contribution >= 4 is 5.91 Å². The maximum atomic E-state index is 11.9. The van der Waals surface area contributed by atoms with Crippen LogP contribution in [0.1, 0.15) is 79.1 Å². The molecule has 2 aliphatic rings. The molecule has 0 unspecified atom stereocenters. The van der Waals surface area contributed by atoms with E-state index in [0.29, 0.717) is 19.8 Å². The number of ether oxygens (including phenoxy) is 5. The lowest BCUT2D eigenvalue weighted by atomic mass is 9.95. The molecule has 2 saturated heterocycles. The van der Waals surface area contributed by atoms with E-state index in [4.69, 9.17) is 23.7 Å². The number of nitrogens with one attached hydrogen (secondary N) is 1. The summed E-state index contributed by atoms with van der Waals surface area (Å²) in [5.41, 5.74) is 0.